The zero-order valence-electron chi connectivity index (χ0n) is 14.4. The summed E-state index contributed by atoms with van der Waals surface area (Å²) in [5, 5.41) is 10.9. The minimum absolute atomic E-state index is 0.00368. The van der Waals surface area contributed by atoms with E-state index in [1.165, 1.54) is 17.0 Å². The number of nitrogens with zero attached hydrogens (tertiary/aromatic N) is 2. The van der Waals surface area contributed by atoms with Gasteiger partial charge in [-0.2, -0.15) is 0 Å². The Morgan fingerprint density at radius 3 is 2.63 bits per heavy atom. The number of esters is 1. The number of halogens is 1. The van der Waals surface area contributed by atoms with E-state index in [9.17, 15) is 19.7 Å². The average molecular weight is 433 g/mol. The van der Waals surface area contributed by atoms with Gasteiger partial charge in [-0.3, -0.25) is 19.7 Å². The van der Waals surface area contributed by atoms with Crippen molar-refractivity contribution in [3.05, 3.63) is 68.2 Å². The SMILES string of the molecule is O=C(Cc1ccc(Br)cc1)OCC(=O)N1CCCc2cc([N+](=O)[O-])ccc21. The lowest BCUT2D eigenvalue weighted by molar-refractivity contribution is -0.384. The third kappa shape index (κ3) is 4.71. The van der Waals surface area contributed by atoms with E-state index in [1.54, 1.807) is 18.2 Å². The standard InChI is InChI=1S/C19H17BrN2O5/c20-15-5-3-13(4-6-15)10-19(24)27-12-18(23)21-9-1-2-14-11-16(22(25)26)7-8-17(14)21/h3-8,11H,1-2,9-10,12H2. The number of fused-ring (bicyclic) bond motifs is 1. The minimum Gasteiger partial charge on any atom is -0.455 e. The molecular formula is C19H17BrN2O5. The Kier molecular flexibility index (Phi) is 5.85. The number of carbonyl (C=O) groups is 2. The molecule has 0 radical (unpaired) electrons. The molecule has 0 fully saturated rings. The fraction of sp³-hybridized carbons (Fsp3) is 0.263. The molecule has 1 heterocycles. The highest BCUT2D eigenvalue weighted by Gasteiger charge is 2.25. The molecule has 7 nitrogen and oxygen atoms in total. The fourth-order valence-corrected chi connectivity index (χ4v) is 3.26. The lowest BCUT2D eigenvalue weighted by Crippen LogP contribution is -2.38. The van der Waals surface area contributed by atoms with Crippen molar-refractivity contribution in [1.29, 1.82) is 0 Å². The second-order valence-electron chi connectivity index (χ2n) is 6.18. The summed E-state index contributed by atoms with van der Waals surface area (Å²) >= 11 is 3.33. The van der Waals surface area contributed by atoms with Gasteiger partial charge in [0.05, 0.1) is 11.3 Å². The molecule has 2 aromatic carbocycles. The monoisotopic (exact) mass is 432 g/mol. The van der Waals surface area contributed by atoms with Gasteiger partial charge in [0.15, 0.2) is 6.61 Å². The molecular weight excluding hydrogens is 416 g/mol. The molecule has 2 aromatic rings. The number of hydrogen-bond donors (Lipinski definition) is 0. The summed E-state index contributed by atoms with van der Waals surface area (Å²) in [5.74, 6) is -0.819. The number of ether oxygens (including phenoxy) is 1. The molecule has 1 aliphatic heterocycles. The average Bonchev–Trinajstić information content (AvgIpc) is 2.67. The number of non-ortho nitro benzene ring substituents is 1. The fourth-order valence-electron chi connectivity index (χ4n) is 3.00. The lowest BCUT2D eigenvalue weighted by atomic mass is 10.0. The van der Waals surface area contributed by atoms with E-state index in [0.29, 0.717) is 25.1 Å². The number of nitro benzene ring substituents is 1. The number of anilines is 1. The van der Waals surface area contributed by atoms with E-state index >= 15 is 0 Å². The molecule has 0 unspecified atom stereocenters. The van der Waals surface area contributed by atoms with Crippen molar-refractivity contribution in [2.45, 2.75) is 19.3 Å². The molecule has 0 aliphatic carbocycles. The van der Waals surface area contributed by atoms with Crippen LogP contribution in [0.5, 0.6) is 0 Å². The van der Waals surface area contributed by atoms with Crippen molar-refractivity contribution in [2.24, 2.45) is 0 Å². The molecule has 0 N–H and O–H groups in total. The van der Waals surface area contributed by atoms with Crippen molar-refractivity contribution in [2.75, 3.05) is 18.1 Å². The van der Waals surface area contributed by atoms with Crippen LogP contribution in [0.4, 0.5) is 11.4 Å². The summed E-state index contributed by atoms with van der Waals surface area (Å²) in [6.07, 6.45) is 1.46. The molecule has 0 atom stereocenters. The van der Waals surface area contributed by atoms with E-state index in [-0.39, 0.29) is 24.6 Å². The van der Waals surface area contributed by atoms with Crippen molar-refractivity contribution in [1.82, 2.24) is 0 Å². The molecule has 1 aliphatic rings. The van der Waals surface area contributed by atoms with Gasteiger partial charge in [-0.1, -0.05) is 28.1 Å². The molecule has 0 bridgehead atoms. The molecule has 27 heavy (non-hydrogen) atoms. The number of hydrogen-bond acceptors (Lipinski definition) is 5. The third-order valence-corrected chi connectivity index (χ3v) is 4.84. The molecule has 8 heteroatoms. The predicted octanol–water partition coefficient (Wildman–Crippen LogP) is 3.42. The van der Waals surface area contributed by atoms with Gasteiger partial charge >= 0.3 is 5.97 Å². The molecule has 0 saturated heterocycles. The summed E-state index contributed by atoms with van der Waals surface area (Å²) in [5.41, 5.74) is 2.20. The highest BCUT2D eigenvalue weighted by Crippen LogP contribution is 2.30. The number of amides is 1. The van der Waals surface area contributed by atoms with Gasteiger partial charge in [0.25, 0.3) is 11.6 Å². The first kappa shape index (κ1) is 19.0. The Balaban J connectivity index is 1.61. The van der Waals surface area contributed by atoms with Crippen LogP contribution in [0, 0.1) is 10.1 Å². The van der Waals surface area contributed by atoms with Crippen LogP contribution in [0.2, 0.25) is 0 Å². The Bertz CT molecular complexity index is 882. The van der Waals surface area contributed by atoms with Gasteiger partial charge in [0, 0.05) is 28.8 Å². The Morgan fingerprint density at radius 2 is 1.93 bits per heavy atom. The van der Waals surface area contributed by atoms with Gasteiger partial charge in [0.2, 0.25) is 0 Å². The normalized spacial score (nSPS) is 13.0. The molecule has 1 amide bonds. The van der Waals surface area contributed by atoms with Crippen LogP contribution in [-0.4, -0.2) is 30.0 Å². The van der Waals surface area contributed by atoms with Gasteiger partial charge in [0.1, 0.15) is 0 Å². The predicted molar refractivity (Wildman–Crippen MR) is 103 cm³/mol. The molecule has 140 valence electrons. The maximum absolute atomic E-state index is 12.5. The van der Waals surface area contributed by atoms with Crippen LogP contribution in [0.1, 0.15) is 17.5 Å². The first-order valence-electron chi connectivity index (χ1n) is 8.42. The minimum atomic E-state index is -0.480. The number of nitro groups is 1. The van der Waals surface area contributed by atoms with E-state index < -0.39 is 10.9 Å². The molecule has 0 spiro atoms. The number of carbonyl (C=O) groups excluding carboxylic acids is 2. The van der Waals surface area contributed by atoms with Gasteiger partial charge in [-0.25, -0.2) is 0 Å². The summed E-state index contributed by atoms with van der Waals surface area (Å²) in [6.45, 7) is 0.139. The lowest BCUT2D eigenvalue weighted by Gasteiger charge is -2.29. The summed E-state index contributed by atoms with van der Waals surface area (Å²) in [4.78, 5) is 36.4. The van der Waals surface area contributed by atoms with Crippen molar-refractivity contribution >= 4 is 39.2 Å². The van der Waals surface area contributed by atoms with Crippen LogP contribution >= 0.6 is 15.9 Å². The highest BCUT2D eigenvalue weighted by atomic mass is 79.9. The second kappa shape index (κ2) is 8.30. The van der Waals surface area contributed by atoms with E-state index in [1.807, 2.05) is 12.1 Å². The smallest absolute Gasteiger partial charge is 0.310 e. The number of rotatable bonds is 5. The maximum Gasteiger partial charge on any atom is 0.310 e. The van der Waals surface area contributed by atoms with Crippen LogP contribution in [-0.2, 0) is 27.2 Å². The Hall–Kier alpha value is -2.74. The van der Waals surface area contributed by atoms with E-state index in [4.69, 9.17) is 4.74 Å². The van der Waals surface area contributed by atoms with Crippen LogP contribution < -0.4 is 4.90 Å². The highest BCUT2D eigenvalue weighted by molar-refractivity contribution is 9.10. The Morgan fingerprint density at radius 1 is 1.19 bits per heavy atom. The van der Waals surface area contributed by atoms with E-state index in [0.717, 1.165) is 15.6 Å². The van der Waals surface area contributed by atoms with Crippen molar-refractivity contribution in [3.8, 4) is 0 Å². The van der Waals surface area contributed by atoms with Crippen molar-refractivity contribution in [3.63, 3.8) is 0 Å². The van der Waals surface area contributed by atoms with Gasteiger partial charge in [-0.15, -0.1) is 0 Å². The first-order chi connectivity index (χ1) is 12.9. The molecule has 0 aromatic heterocycles. The van der Waals surface area contributed by atoms with Crippen LogP contribution in [0.3, 0.4) is 0 Å². The Labute approximate surface area is 164 Å². The van der Waals surface area contributed by atoms with Gasteiger partial charge in [-0.05, 0) is 42.2 Å². The zero-order valence-corrected chi connectivity index (χ0v) is 16.0. The second-order valence-corrected chi connectivity index (χ2v) is 7.10. The summed E-state index contributed by atoms with van der Waals surface area (Å²) < 4.78 is 6.03. The van der Waals surface area contributed by atoms with Crippen molar-refractivity contribution < 1.29 is 19.2 Å². The third-order valence-electron chi connectivity index (χ3n) is 4.31. The molecule has 3 rings (SSSR count). The van der Waals surface area contributed by atoms with E-state index in [2.05, 4.69) is 15.9 Å². The zero-order chi connectivity index (χ0) is 19.4. The maximum atomic E-state index is 12.5. The van der Waals surface area contributed by atoms with Crippen LogP contribution in [0.15, 0.2) is 46.9 Å². The number of benzene rings is 2. The summed E-state index contributed by atoms with van der Waals surface area (Å²) in [7, 11) is 0. The summed E-state index contributed by atoms with van der Waals surface area (Å²) in [6, 6.07) is 11.7. The largest absolute Gasteiger partial charge is 0.455 e. The quantitative estimate of drug-likeness (QED) is 0.410. The first-order valence-corrected chi connectivity index (χ1v) is 9.21. The van der Waals surface area contributed by atoms with Crippen LogP contribution in [0.25, 0.3) is 0 Å². The van der Waals surface area contributed by atoms with Gasteiger partial charge < -0.3 is 9.64 Å². The topological polar surface area (TPSA) is 89.8 Å². The molecule has 0 saturated carbocycles. The number of aryl methyl sites for hydroxylation is 1.